The Morgan fingerprint density at radius 2 is 1.96 bits per heavy atom. The van der Waals surface area contributed by atoms with Crippen LogP contribution in [0.1, 0.15) is 48.1 Å². The molecule has 0 spiro atoms. The van der Waals surface area contributed by atoms with Gasteiger partial charge in [-0.15, -0.1) is 0 Å². The maximum absolute atomic E-state index is 13.2. The van der Waals surface area contributed by atoms with Gasteiger partial charge in [0.2, 0.25) is 5.95 Å². The number of rotatable bonds is 4. The second-order valence-electron chi connectivity index (χ2n) is 5.89. The third-order valence-electron chi connectivity index (χ3n) is 4.25. The molecule has 2 aromatic rings. The second kappa shape index (κ2) is 7.38. The van der Waals surface area contributed by atoms with E-state index in [-0.39, 0.29) is 17.8 Å². The van der Waals surface area contributed by atoms with Gasteiger partial charge in [0.1, 0.15) is 5.82 Å². The number of carbonyl (C=O) groups excluding carboxylic acids is 1. The minimum atomic E-state index is -0.264. The van der Waals surface area contributed by atoms with Crippen molar-refractivity contribution in [2.24, 2.45) is 0 Å². The fraction of sp³-hybridized carbons (Fsp3) is 0.389. The molecule has 0 saturated carbocycles. The SMILES string of the molecule is CCNc1ncc(C(=O)N2CCCCC2c2ccc(F)cc2)cn1. The normalized spacial score (nSPS) is 17.6. The predicted octanol–water partition coefficient (Wildman–Crippen LogP) is 3.41. The van der Waals surface area contributed by atoms with Gasteiger partial charge in [-0.05, 0) is 43.9 Å². The molecule has 0 aliphatic carbocycles. The lowest BCUT2D eigenvalue weighted by Crippen LogP contribution is -2.38. The van der Waals surface area contributed by atoms with E-state index in [0.29, 0.717) is 18.1 Å². The number of likely N-dealkylation sites (tertiary alicyclic amines) is 1. The van der Waals surface area contributed by atoms with Crippen molar-refractivity contribution in [3.8, 4) is 0 Å². The van der Waals surface area contributed by atoms with Gasteiger partial charge >= 0.3 is 0 Å². The van der Waals surface area contributed by atoms with E-state index in [2.05, 4.69) is 15.3 Å². The number of hydrogen-bond donors (Lipinski definition) is 1. The summed E-state index contributed by atoms with van der Waals surface area (Å²) in [4.78, 5) is 23.1. The zero-order valence-electron chi connectivity index (χ0n) is 13.7. The highest BCUT2D eigenvalue weighted by molar-refractivity contribution is 5.94. The fourth-order valence-corrected chi connectivity index (χ4v) is 3.06. The van der Waals surface area contributed by atoms with Crippen molar-refractivity contribution in [2.75, 3.05) is 18.4 Å². The van der Waals surface area contributed by atoms with Crippen molar-refractivity contribution in [3.05, 3.63) is 53.6 Å². The number of nitrogens with one attached hydrogen (secondary N) is 1. The molecule has 0 radical (unpaired) electrons. The summed E-state index contributed by atoms with van der Waals surface area (Å²) in [6.07, 6.45) is 6.03. The molecule has 1 fully saturated rings. The summed E-state index contributed by atoms with van der Waals surface area (Å²) in [5.74, 6) is 0.176. The minimum absolute atomic E-state index is 0.0275. The summed E-state index contributed by atoms with van der Waals surface area (Å²) in [5, 5.41) is 3.01. The van der Waals surface area contributed by atoms with E-state index in [1.165, 1.54) is 12.1 Å². The number of benzene rings is 1. The van der Waals surface area contributed by atoms with Crippen LogP contribution in [0.25, 0.3) is 0 Å². The largest absolute Gasteiger partial charge is 0.355 e. The molecule has 6 heteroatoms. The number of piperidine rings is 1. The van der Waals surface area contributed by atoms with Crippen molar-refractivity contribution in [1.29, 1.82) is 0 Å². The third-order valence-corrected chi connectivity index (χ3v) is 4.25. The molecule has 126 valence electrons. The molecule has 1 amide bonds. The number of carbonyl (C=O) groups is 1. The minimum Gasteiger partial charge on any atom is -0.355 e. The Kier molecular flexibility index (Phi) is 5.03. The van der Waals surface area contributed by atoms with Gasteiger partial charge < -0.3 is 10.2 Å². The van der Waals surface area contributed by atoms with Crippen molar-refractivity contribution >= 4 is 11.9 Å². The number of amides is 1. The zero-order chi connectivity index (χ0) is 16.9. The van der Waals surface area contributed by atoms with E-state index in [1.807, 2.05) is 11.8 Å². The van der Waals surface area contributed by atoms with Gasteiger partial charge in [0.05, 0.1) is 11.6 Å². The standard InChI is InChI=1S/C18H21FN4O/c1-2-20-18-21-11-14(12-22-18)17(24)23-10-4-3-5-16(23)13-6-8-15(19)9-7-13/h6-9,11-12,16H,2-5,10H2,1H3,(H,20,21,22). The van der Waals surface area contributed by atoms with Crippen LogP contribution in [0.4, 0.5) is 10.3 Å². The molecule has 1 aromatic carbocycles. The molecule has 1 aliphatic rings. The van der Waals surface area contributed by atoms with Crippen molar-refractivity contribution in [1.82, 2.24) is 14.9 Å². The van der Waals surface area contributed by atoms with Crippen LogP contribution < -0.4 is 5.32 Å². The predicted molar refractivity (Wildman–Crippen MR) is 90.2 cm³/mol. The Balaban J connectivity index is 1.81. The van der Waals surface area contributed by atoms with Gasteiger partial charge in [-0.25, -0.2) is 14.4 Å². The van der Waals surface area contributed by atoms with Crippen LogP contribution in [0.3, 0.4) is 0 Å². The molecular formula is C18H21FN4O. The average molecular weight is 328 g/mol. The summed E-state index contributed by atoms with van der Waals surface area (Å²) < 4.78 is 13.2. The van der Waals surface area contributed by atoms with Crippen LogP contribution in [-0.4, -0.2) is 33.9 Å². The highest BCUT2D eigenvalue weighted by atomic mass is 19.1. The number of halogens is 1. The highest BCUT2D eigenvalue weighted by Crippen LogP contribution is 2.32. The molecule has 0 bridgehead atoms. The Bertz CT molecular complexity index is 687. The molecule has 1 aliphatic heterocycles. The Morgan fingerprint density at radius 1 is 1.25 bits per heavy atom. The van der Waals surface area contributed by atoms with Gasteiger partial charge in [-0.2, -0.15) is 0 Å². The molecule has 1 N–H and O–H groups in total. The first-order chi connectivity index (χ1) is 11.7. The van der Waals surface area contributed by atoms with Crippen LogP contribution in [0.5, 0.6) is 0 Å². The first kappa shape index (κ1) is 16.4. The molecule has 1 atom stereocenters. The van der Waals surface area contributed by atoms with E-state index in [9.17, 15) is 9.18 Å². The van der Waals surface area contributed by atoms with Crippen LogP contribution in [0.2, 0.25) is 0 Å². The van der Waals surface area contributed by atoms with Gasteiger partial charge in [0, 0.05) is 25.5 Å². The number of aromatic nitrogens is 2. The summed E-state index contributed by atoms with van der Waals surface area (Å²) >= 11 is 0. The highest BCUT2D eigenvalue weighted by Gasteiger charge is 2.29. The average Bonchev–Trinajstić information content (AvgIpc) is 2.63. The number of anilines is 1. The first-order valence-electron chi connectivity index (χ1n) is 8.31. The van der Waals surface area contributed by atoms with E-state index < -0.39 is 0 Å². The molecule has 1 unspecified atom stereocenters. The van der Waals surface area contributed by atoms with Crippen LogP contribution in [0.15, 0.2) is 36.7 Å². The van der Waals surface area contributed by atoms with E-state index >= 15 is 0 Å². The fourth-order valence-electron chi connectivity index (χ4n) is 3.06. The van der Waals surface area contributed by atoms with Gasteiger partial charge in [0.15, 0.2) is 0 Å². The first-order valence-corrected chi connectivity index (χ1v) is 8.31. The lowest BCUT2D eigenvalue weighted by Gasteiger charge is -2.36. The zero-order valence-corrected chi connectivity index (χ0v) is 13.7. The maximum Gasteiger partial charge on any atom is 0.257 e. The maximum atomic E-state index is 13.2. The quantitative estimate of drug-likeness (QED) is 0.934. The molecular weight excluding hydrogens is 307 g/mol. The van der Waals surface area contributed by atoms with Crippen LogP contribution >= 0.6 is 0 Å². The molecule has 2 heterocycles. The Hall–Kier alpha value is -2.50. The monoisotopic (exact) mass is 328 g/mol. The van der Waals surface area contributed by atoms with Crippen molar-refractivity contribution in [2.45, 2.75) is 32.2 Å². The molecule has 5 nitrogen and oxygen atoms in total. The summed E-state index contributed by atoms with van der Waals surface area (Å²) in [6.45, 7) is 3.38. The summed E-state index contributed by atoms with van der Waals surface area (Å²) in [7, 11) is 0. The van der Waals surface area contributed by atoms with Gasteiger partial charge in [-0.1, -0.05) is 12.1 Å². The van der Waals surface area contributed by atoms with E-state index in [4.69, 9.17) is 0 Å². The number of nitrogens with zero attached hydrogens (tertiary/aromatic N) is 3. The van der Waals surface area contributed by atoms with Crippen LogP contribution in [0, 0.1) is 5.82 Å². The molecule has 1 saturated heterocycles. The Labute approximate surface area is 140 Å². The van der Waals surface area contributed by atoms with E-state index in [0.717, 1.165) is 31.4 Å². The van der Waals surface area contributed by atoms with Crippen molar-refractivity contribution in [3.63, 3.8) is 0 Å². The van der Waals surface area contributed by atoms with Crippen molar-refractivity contribution < 1.29 is 9.18 Å². The summed E-state index contributed by atoms with van der Waals surface area (Å²) in [6, 6.07) is 6.38. The molecule has 3 rings (SSSR count). The third kappa shape index (κ3) is 3.53. The molecule has 24 heavy (non-hydrogen) atoms. The lowest BCUT2D eigenvalue weighted by atomic mass is 9.94. The van der Waals surface area contributed by atoms with Gasteiger partial charge in [-0.3, -0.25) is 4.79 Å². The Morgan fingerprint density at radius 3 is 2.62 bits per heavy atom. The number of hydrogen-bond acceptors (Lipinski definition) is 4. The molecule has 1 aromatic heterocycles. The summed E-state index contributed by atoms with van der Waals surface area (Å²) in [5.41, 5.74) is 1.44. The topological polar surface area (TPSA) is 58.1 Å². The smallest absolute Gasteiger partial charge is 0.257 e. The van der Waals surface area contributed by atoms with E-state index in [1.54, 1.807) is 24.5 Å². The van der Waals surface area contributed by atoms with Gasteiger partial charge in [0.25, 0.3) is 5.91 Å². The van der Waals surface area contributed by atoms with Crippen LogP contribution in [-0.2, 0) is 0 Å². The second-order valence-corrected chi connectivity index (χ2v) is 5.89. The lowest BCUT2D eigenvalue weighted by molar-refractivity contribution is 0.0610.